The molecule has 0 spiro atoms. The minimum atomic E-state index is -0.578. The van der Waals surface area contributed by atoms with Gasteiger partial charge in [-0.25, -0.2) is 4.98 Å². The minimum absolute atomic E-state index is 0.0348. The number of aryl methyl sites for hydroxylation is 1. The van der Waals surface area contributed by atoms with Crippen LogP contribution in [0, 0.1) is 18.3 Å². The molecule has 1 saturated heterocycles. The summed E-state index contributed by atoms with van der Waals surface area (Å²) >= 11 is 1.39. The van der Waals surface area contributed by atoms with Gasteiger partial charge in [-0.2, -0.15) is 0 Å². The first-order valence-electron chi connectivity index (χ1n) is 7.29. The summed E-state index contributed by atoms with van der Waals surface area (Å²) in [6.45, 7) is 9.11. The molecule has 1 aromatic heterocycles. The largest absolute Gasteiger partial charge is 0.466 e. The Balaban J connectivity index is 2.16. The lowest BCUT2D eigenvalue weighted by molar-refractivity contribution is -0.157. The van der Waals surface area contributed by atoms with Gasteiger partial charge in [0, 0.05) is 13.1 Å². The van der Waals surface area contributed by atoms with Gasteiger partial charge >= 0.3 is 5.97 Å². The molecule has 0 saturated carbocycles. The van der Waals surface area contributed by atoms with E-state index in [0.717, 1.165) is 5.01 Å². The summed E-state index contributed by atoms with van der Waals surface area (Å²) < 4.78 is 5.24. The zero-order valence-electron chi connectivity index (χ0n) is 13.0. The number of esters is 1. The summed E-state index contributed by atoms with van der Waals surface area (Å²) in [7, 11) is 0. The Kier molecular flexibility index (Phi) is 4.66. The zero-order valence-corrected chi connectivity index (χ0v) is 13.8. The van der Waals surface area contributed by atoms with Crippen molar-refractivity contribution in [2.45, 2.75) is 34.1 Å². The number of aromatic nitrogens is 1. The van der Waals surface area contributed by atoms with Crippen molar-refractivity contribution < 1.29 is 14.3 Å². The Hall–Kier alpha value is -1.43. The average molecular weight is 310 g/mol. The van der Waals surface area contributed by atoms with Crippen LogP contribution in [-0.2, 0) is 9.53 Å². The van der Waals surface area contributed by atoms with Crippen molar-refractivity contribution in [1.29, 1.82) is 0 Å². The predicted molar refractivity (Wildman–Crippen MR) is 81.3 cm³/mol. The van der Waals surface area contributed by atoms with Gasteiger partial charge in [0.2, 0.25) is 0 Å². The topological polar surface area (TPSA) is 59.5 Å². The quantitative estimate of drug-likeness (QED) is 0.802. The molecule has 1 amide bonds. The van der Waals surface area contributed by atoms with Gasteiger partial charge in [0.25, 0.3) is 5.91 Å². The number of carbonyl (C=O) groups is 2. The van der Waals surface area contributed by atoms with Crippen LogP contribution in [0.4, 0.5) is 0 Å². The molecule has 21 heavy (non-hydrogen) atoms. The second kappa shape index (κ2) is 6.13. The van der Waals surface area contributed by atoms with Crippen LogP contribution in [0.15, 0.2) is 6.20 Å². The van der Waals surface area contributed by atoms with E-state index in [-0.39, 0.29) is 17.8 Å². The molecule has 6 heteroatoms. The third-order valence-electron chi connectivity index (χ3n) is 4.21. The Labute approximate surface area is 129 Å². The summed E-state index contributed by atoms with van der Waals surface area (Å²) in [5.41, 5.74) is -0.578. The van der Waals surface area contributed by atoms with Gasteiger partial charge in [0.05, 0.1) is 23.2 Å². The Morgan fingerprint density at radius 2 is 2.24 bits per heavy atom. The van der Waals surface area contributed by atoms with Gasteiger partial charge in [-0.15, -0.1) is 11.3 Å². The van der Waals surface area contributed by atoms with E-state index in [2.05, 4.69) is 4.98 Å². The molecular weight excluding hydrogens is 288 g/mol. The number of rotatable bonds is 4. The third-order valence-corrected chi connectivity index (χ3v) is 5.11. The fraction of sp³-hybridized carbons (Fsp3) is 0.667. The van der Waals surface area contributed by atoms with E-state index in [1.807, 2.05) is 27.7 Å². The molecule has 0 aliphatic carbocycles. The van der Waals surface area contributed by atoms with E-state index in [9.17, 15) is 9.59 Å². The van der Waals surface area contributed by atoms with E-state index >= 15 is 0 Å². The summed E-state index contributed by atoms with van der Waals surface area (Å²) in [6.07, 6.45) is 2.27. The number of thiazole rings is 1. The summed E-state index contributed by atoms with van der Waals surface area (Å²) in [5.74, 6) is -0.0826. The molecule has 1 atom stereocenters. The number of nitrogens with zero attached hydrogens (tertiary/aromatic N) is 2. The van der Waals surface area contributed by atoms with Crippen LogP contribution in [0.5, 0.6) is 0 Å². The number of hydrogen-bond donors (Lipinski definition) is 0. The van der Waals surface area contributed by atoms with Gasteiger partial charge in [0.1, 0.15) is 4.88 Å². The van der Waals surface area contributed by atoms with E-state index in [1.54, 1.807) is 11.1 Å². The van der Waals surface area contributed by atoms with Crippen molar-refractivity contribution >= 4 is 23.2 Å². The van der Waals surface area contributed by atoms with Crippen molar-refractivity contribution in [3.63, 3.8) is 0 Å². The van der Waals surface area contributed by atoms with Crippen LogP contribution in [0.3, 0.4) is 0 Å². The van der Waals surface area contributed by atoms with E-state index in [0.29, 0.717) is 31.0 Å². The Morgan fingerprint density at radius 1 is 1.52 bits per heavy atom. The second-order valence-corrected chi connectivity index (χ2v) is 6.99. The molecule has 0 bridgehead atoms. The number of amides is 1. The SMILES string of the molecule is CCOC(=O)[C@@]1(C(C)C)CCN(C(=O)c2cnc(C)s2)C1. The lowest BCUT2D eigenvalue weighted by Crippen LogP contribution is -2.41. The summed E-state index contributed by atoms with van der Waals surface area (Å²) in [5, 5.41) is 0.873. The highest BCUT2D eigenvalue weighted by atomic mass is 32.1. The van der Waals surface area contributed by atoms with Gasteiger partial charge < -0.3 is 9.64 Å². The maximum absolute atomic E-state index is 12.5. The highest BCUT2D eigenvalue weighted by molar-refractivity contribution is 7.13. The van der Waals surface area contributed by atoms with Gasteiger partial charge in [-0.05, 0) is 26.2 Å². The Bertz CT molecular complexity index is 541. The first kappa shape index (κ1) is 15.9. The highest BCUT2D eigenvalue weighted by Crippen LogP contribution is 2.39. The van der Waals surface area contributed by atoms with Crippen molar-refractivity contribution in [2.24, 2.45) is 11.3 Å². The molecule has 0 unspecified atom stereocenters. The van der Waals surface area contributed by atoms with Gasteiger partial charge in [0.15, 0.2) is 0 Å². The molecule has 1 fully saturated rings. The van der Waals surface area contributed by atoms with Crippen LogP contribution >= 0.6 is 11.3 Å². The summed E-state index contributed by atoms with van der Waals surface area (Å²) in [6, 6.07) is 0. The molecule has 1 aliphatic heterocycles. The molecule has 5 nitrogen and oxygen atoms in total. The first-order chi connectivity index (χ1) is 9.90. The molecule has 0 N–H and O–H groups in total. The monoisotopic (exact) mass is 310 g/mol. The molecule has 1 aromatic rings. The highest BCUT2D eigenvalue weighted by Gasteiger charge is 2.49. The van der Waals surface area contributed by atoms with Crippen molar-refractivity contribution in [2.75, 3.05) is 19.7 Å². The molecular formula is C15H22N2O3S. The van der Waals surface area contributed by atoms with Crippen LogP contribution < -0.4 is 0 Å². The predicted octanol–water partition coefficient (Wildman–Crippen LogP) is 2.50. The van der Waals surface area contributed by atoms with Crippen molar-refractivity contribution in [3.05, 3.63) is 16.1 Å². The average Bonchev–Trinajstić information content (AvgIpc) is 3.05. The fourth-order valence-electron chi connectivity index (χ4n) is 2.77. The second-order valence-electron chi connectivity index (χ2n) is 5.75. The maximum atomic E-state index is 12.5. The lowest BCUT2D eigenvalue weighted by Gasteiger charge is -2.30. The van der Waals surface area contributed by atoms with Gasteiger partial charge in [-0.1, -0.05) is 13.8 Å². The van der Waals surface area contributed by atoms with Crippen molar-refractivity contribution in [3.8, 4) is 0 Å². The van der Waals surface area contributed by atoms with Crippen LogP contribution in [0.25, 0.3) is 0 Å². The van der Waals surface area contributed by atoms with E-state index < -0.39 is 5.41 Å². The van der Waals surface area contributed by atoms with E-state index in [4.69, 9.17) is 4.74 Å². The number of likely N-dealkylation sites (tertiary alicyclic amines) is 1. The van der Waals surface area contributed by atoms with Crippen LogP contribution in [0.2, 0.25) is 0 Å². The molecule has 2 rings (SSSR count). The molecule has 0 aromatic carbocycles. The third kappa shape index (κ3) is 2.95. The lowest BCUT2D eigenvalue weighted by atomic mass is 9.76. The van der Waals surface area contributed by atoms with Crippen molar-refractivity contribution in [1.82, 2.24) is 9.88 Å². The summed E-state index contributed by atoms with van der Waals surface area (Å²) in [4.78, 5) is 31.4. The first-order valence-corrected chi connectivity index (χ1v) is 8.11. The molecule has 2 heterocycles. The van der Waals surface area contributed by atoms with Gasteiger partial charge in [-0.3, -0.25) is 9.59 Å². The number of ether oxygens (including phenoxy) is 1. The number of carbonyl (C=O) groups excluding carboxylic acids is 2. The standard InChI is InChI=1S/C15H22N2O3S/c1-5-20-14(19)15(10(2)3)6-7-17(9-15)13(18)12-8-16-11(4)21-12/h8,10H,5-7,9H2,1-4H3/t15-/m0/s1. The van der Waals surface area contributed by atoms with Crippen LogP contribution in [-0.4, -0.2) is 41.5 Å². The molecule has 0 radical (unpaired) electrons. The normalized spacial score (nSPS) is 21.9. The zero-order chi connectivity index (χ0) is 15.6. The molecule has 1 aliphatic rings. The maximum Gasteiger partial charge on any atom is 0.314 e. The minimum Gasteiger partial charge on any atom is -0.466 e. The fourth-order valence-corrected chi connectivity index (χ4v) is 3.52. The number of hydrogen-bond acceptors (Lipinski definition) is 5. The van der Waals surface area contributed by atoms with Crippen LogP contribution in [0.1, 0.15) is 41.9 Å². The van der Waals surface area contributed by atoms with E-state index in [1.165, 1.54) is 11.3 Å². The Morgan fingerprint density at radius 3 is 2.76 bits per heavy atom. The smallest absolute Gasteiger partial charge is 0.314 e. The molecule has 116 valence electrons.